The molecule has 0 radical (unpaired) electrons. The van der Waals surface area contributed by atoms with Crippen molar-refractivity contribution in [2.75, 3.05) is 32.2 Å². The largest absolute Gasteiger partial charge is 0.494 e. The molecule has 0 aliphatic carbocycles. The molecule has 1 saturated heterocycles. The van der Waals surface area contributed by atoms with E-state index in [2.05, 4.69) is 10.3 Å². The summed E-state index contributed by atoms with van der Waals surface area (Å²) in [6.07, 6.45) is -3.56. The maximum absolute atomic E-state index is 14.7. The predicted octanol–water partition coefficient (Wildman–Crippen LogP) is 4.19. The molecule has 1 fully saturated rings. The summed E-state index contributed by atoms with van der Waals surface area (Å²) in [6.45, 7) is 0.381. The highest BCUT2D eigenvalue weighted by molar-refractivity contribution is 5.97. The van der Waals surface area contributed by atoms with Crippen LogP contribution in [0.5, 0.6) is 5.75 Å². The van der Waals surface area contributed by atoms with Gasteiger partial charge < -0.3 is 24.8 Å². The van der Waals surface area contributed by atoms with Crippen molar-refractivity contribution in [1.82, 2.24) is 10.3 Å². The summed E-state index contributed by atoms with van der Waals surface area (Å²) in [7, 11) is 2.37. The molecular weight excluding hydrogens is 506 g/mol. The monoisotopic (exact) mass is 533 g/mol. The number of nitrogens with zero attached hydrogens (tertiary/aromatic N) is 2. The molecule has 202 valence electrons. The van der Waals surface area contributed by atoms with E-state index in [0.717, 1.165) is 24.8 Å². The first kappa shape index (κ1) is 27.3. The van der Waals surface area contributed by atoms with Gasteiger partial charge in [0.05, 0.1) is 42.9 Å². The van der Waals surface area contributed by atoms with Crippen LogP contribution in [-0.4, -0.2) is 61.4 Å². The predicted molar refractivity (Wildman–Crippen MR) is 132 cm³/mol. The lowest BCUT2D eigenvalue weighted by atomic mass is 9.90. The number of aliphatic hydroxyl groups excluding tert-OH is 1. The number of hydrogen-bond donors (Lipinski definition) is 2. The van der Waals surface area contributed by atoms with Gasteiger partial charge in [0.1, 0.15) is 11.9 Å². The summed E-state index contributed by atoms with van der Waals surface area (Å²) < 4.78 is 66.1. The van der Waals surface area contributed by atoms with Gasteiger partial charge in [-0.3, -0.25) is 4.98 Å². The zero-order chi connectivity index (χ0) is 27.4. The van der Waals surface area contributed by atoms with E-state index in [4.69, 9.17) is 9.47 Å². The Bertz CT molecular complexity index is 1290. The number of aromatic nitrogens is 1. The number of aliphatic hydroxyl groups is 1. The van der Waals surface area contributed by atoms with Crippen molar-refractivity contribution in [3.63, 3.8) is 0 Å². The highest BCUT2D eigenvalue weighted by Crippen LogP contribution is 2.36. The smallest absolute Gasteiger partial charge is 0.340 e. The molecule has 2 aromatic carbocycles. The number of pyridine rings is 1. The Labute approximate surface area is 217 Å². The van der Waals surface area contributed by atoms with Crippen molar-refractivity contribution in [3.8, 4) is 17.0 Å². The van der Waals surface area contributed by atoms with Crippen LogP contribution >= 0.6 is 0 Å². The Morgan fingerprint density at radius 1 is 1.16 bits per heavy atom. The summed E-state index contributed by atoms with van der Waals surface area (Å²) in [6, 6.07) is 12.2. The van der Waals surface area contributed by atoms with E-state index in [9.17, 15) is 27.5 Å². The summed E-state index contributed by atoms with van der Waals surface area (Å²) in [5.41, 5.74) is -0.538. The highest BCUT2D eigenvalue weighted by Gasteiger charge is 2.48. The number of halogens is 4. The van der Waals surface area contributed by atoms with Gasteiger partial charge in [0.2, 0.25) is 0 Å². The molecule has 2 heterocycles. The zero-order valence-corrected chi connectivity index (χ0v) is 20.8. The quantitative estimate of drug-likeness (QED) is 0.315. The molecule has 1 aromatic heterocycles. The van der Waals surface area contributed by atoms with Gasteiger partial charge in [0, 0.05) is 31.3 Å². The number of methoxy groups -OCH3 is 2. The number of hydrogen-bond acceptors (Lipinski definition) is 7. The van der Waals surface area contributed by atoms with Crippen molar-refractivity contribution in [2.24, 2.45) is 0 Å². The van der Waals surface area contributed by atoms with Crippen molar-refractivity contribution in [1.29, 1.82) is 0 Å². The second-order valence-electron chi connectivity index (χ2n) is 8.99. The summed E-state index contributed by atoms with van der Waals surface area (Å²) in [5, 5.41) is 13.6. The Kier molecular flexibility index (Phi) is 8.17. The normalized spacial score (nSPS) is 18.1. The van der Waals surface area contributed by atoms with Gasteiger partial charge in [0.15, 0.2) is 11.6 Å². The third kappa shape index (κ3) is 5.44. The Hall–Kier alpha value is -3.70. The molecule has 1 aliphatic rings. The first-order valence-electron chi connectivity index (χ1n) is 11.8. The zero-order valence-electron chi connectivity index (χ0n) is 20.8. The van der Waals surface area contributed by atoms with Crippen LogP contribution in [0.1, 0.15) is 22.3 Å². The first-order valence-corrected chi connectivity index (χ1v) is 11.8. The van der Waals surface area contributed by atoms with Gasteiger partial charge >= 0.3 is 5.97 Å². The average Bonchev–Trinajstić information content (AvgIpc) is 3.37. The second-order valence-corrected chi connectivity index (χ2v) is 8.99. The van der Waals surface area contributed by atoms with E-state index in [-0.39, 0.29) is 54.3 Å². The Balaban J connectivity index is 1.68. The summed E-state index contributed by atoms with van der Waals surface area (Å²) >= 11 is 0. The molecule has 3 aromatic rings. The Morgan fingerprint density at radius 3 is 2.55 bits per heavy atom. The molecule has 2 N–H and O–H groups in total. The third-order valence-corrected chi connectivity index (χ3v) is 6.74. The van der Waals surface area contributed by atoms with Gasteiger partial charge in [0.25, 0.3) is 6.43 Å². The topological polar surface area (TPSA) is 83.9 Å². The van der Waals surface area contributed by atoms with Gasteiger partial charge in [-0.25, -0.2) is 22.4 Å². The van der Waals surface area contributed by atoms with Gasteiger partial charge in [-0.1, -0.05) is 30.3 Å². The van der Waals surface area contributed by atoms with E-state index in [1.165, 1.54) is 19.4 Å². The molecular formula is C27H27F4N3O4. The van der Waals surface area contributed by atoms with Gasteiger partial charge in [-0.05, 0) is 24.1 Å². The number of rotatable bonds is 9. The van der Waals surface area contributed by atoms with Crippen LogP contribution in [0.15, 0.2) is 54.7 Å². The number of ether oxygens (including phenoxy) is 2. The van der Waals surface area contributed by atoms with Crippen LogP contribution in [-0.2, 0) is 11.3 Å². The van der Waals surface area contributed by atoms with Crippen LogP contribution in [0, 0.1) is 11.6 Å². The number of alkyl halides is 2. The minimum Gasteiger partial charge on any atom is -0.494 e. The fourth-order valence-electron chi connectivity index (χ4n) is 4.65. The van der Waals surface area contributed by atoms with E-state index in [1.54, 1.807) is 4.90 Å². The summed E-state index contributed by atoms with van der Waals surface area (Å²) in [4.78, 5) is 18.5. The number of carbonyl (C=O) groups is 1. The molecule has 38 heavy (non-hydrogen) atoms. The number of anilines is 1. The van der Waals surface area contributed by atoms with Crippen LogP contribution in [0.4, 0.5) is 23.2 Å². The van der Waals surface area contributed by atoms with E-state index < -0.39 is 35.7 Å². The molecule has 2 atom stereocenters. The highest BCUT2D eigenvalue weighted by atomic mass is 19.3. The molecule has 0 spiro atoms. The first-order chi connectivity index (χ1) is 18.2. The van der Waals surface area contributed by atoms with Crippen molar-refractivity contribution in [2.45, 2.75) is 31.0 Å². The molecule has 11 heteroatoms. The number of nitrogens with one attached hydrogen (secondary N) is 1. The maximum atomic E-state index is 14.7. The fourth-order valence-corrected chi connectivity index (χ4v) is 4.65. The maximum Gasteiger partial charge on any atom is 0.340 e. The van der Waals surface area contributed by atoms with E-state index in [0.29, 0.717) is 0 Å². The molecule has 1 aliphatic heterocycles. The lowest BCUT2D eigenvalue weighted by Crippen LogP contribution is -2.58. The fraction of sp³-hybridized carbons (Fsp3) is 0.333. The van der Waals surface area contributed by atoms with E-state index >= 15 is 0 Å². The Morgan fingerprint density at radius 2 is 1.89 bits per heavy atom. The van der Waals surface area contributed by atoms with Crippen LogP contribution in [0.3, 0.4) is 0 Å². The molecule has 7 nitrogen and oxygen atoms in total. The van der Waals surface area contributed by atoms with Gasteiger partial charge in [-0.15, -0.1) is 0 Å². The lowest BCUT2D eigenvalue weighted by molar-refractivity contribution is -0.0555. The third-order valence-electron chi connectivity index (χ3n) is 6.74. The van der Waals surface area contributed by atoms with Crippen molar-refractivity contribution < 1.29 is 36.9 Å². The minimum absolute atomic E-state index is 0.0153. The molecule has 0 saturated carbocycles. The minimum atomic E-state index is -3.01. The van der Waals surface area contributed by atoms with E-state index in [1.807, 2.05) is 30.3 Å². The number of carbonyl (C=O) groups excluding carboxylic acids is 1. The molecule has 0 unspecified atom stereocenters. The van der Waals surface area contributed by atoms with Gasteiger partial charge in [-0.2, -0.15) is 0 Å². The number of benzene rings is 2. The van der Waals surface area contributed by atoms with Crippen LogP contribution in [0.2, 0.25) is 0 Å². The van der Waals surface area contributed by atoms with Crippen molar-refractivity contribution in [3.05, 3.63) is 77.5 Å². The standard InChI is InChI=1S/C27H27F4N3O4/c1-37-23-12-19(28)17(10-20(23)29)21-11-18(26(36)38-2)22(14-32-21)34-9-8-27(15-34,24(35)25(30)31)33-13-16-6-4-3-5-7-16/h3-7,10-12,14,24-25,33,35H,8-9,13,15H2,1-2H3/t24-,27-/m1/s1. The molecule has 0 bridgehead atoms. The molecule has 4 rings (SSSR count). The van der Waals surface area contributed by atoms with Crippen LogP contribution in [0.25, 0.3) is 11.3 Å². The van der Waals surface area contributed by atoms with Crippen LogP contribution < -0.4 is 15.0 Å². The average molecular weight is 534 g/mol. The second kappa shape index (κ2) is 11.4. The summed E-state index contributed by atoms with van der Waals surface area (Å²) in [5.74, 6) is -2.69. The lowest BCUT2D eigenvalue weighted by Gasteiger charge is -2.35. The number of esters is 1. The SMILES string of the molecule is COC(=O)c1cc(-c2cc(F)c(OC)cc2F)ncc1N1CC[C@](NCc2ccccc2)([C@H](O)C(F)F)C1. The molecule has 0 amide bonds. The van der Waals surface area contributed by atoms with Crippen molar-refractivity contribution >= 4 is 11.7 Å².